The van der Waals surface area contributed by atoms with Crippen molar-refractivity contribution in [2.24, 2.45) is 0 Å². The van der Waals surface area contributed by atoms with Gasteiger partial charge < -0.3 is 5.32 Å². The summed E-state index contributed by atoms with van der Waals surface area (Å²) in [5.74, 6) is 0.624. The maximum absolute atomic E-state index is 12.6. The highest BCUT2D eigenvalue weighted by atomic mass is 16.1. The Morgan fingerprint density at radius 3 is 2.68 bits per heavy atom. The maximum Gasteiger partial charge on any atom is 0.255 e. The first-order valence-corrected chi connectivity index (χ1v) is 8.95. The summed E-state index contributed by atoms with van der Waals surface area (Å²) in [5.41, 5.74) is 4.36. The standard InChI is InChI=1S/C21H20N6O/c1-15-5-3-4-6-19(15)27-16(2)18(13-25-27)21(28)24-12-17-7-8-20(23-11-17)26-10-9-22-14-26/h3-11,13-14H,12H2,1-2H3,(H,24,28). The van der Waals surface area contributed by atoms with Gasteiger partial charge in [-0.05, 0) is 37.1 Å². The van der Waals surface area contributed by atoms with Gasteiger partial charge in [-0.2, -0.15) is 5.10 Å². The number of aryl methyl sites for hydroxylation is 1. The molecule has 0 radical (unpaired) electrons. The van der Waals surface area contributed by atoms with Gasteiger partial charge in [-0.25, -0.2) is 14.6 Å². The van der Waals surface area contributed by atoms with E-state index in [1.807, 2.05) is 61.0 Å². The van der Waals surface area contributed by atoms with Crippen LogP contribution in [-0.4, -0.2) is 30.2 Å². The van der Waals surface area contributed by atoms with Crippen LogP contribution in [0.4, 0.5) is 0 Å². The molecule has 7 nitrogen and oxygen atoms in total. The van der Waals surface area contributed by atoms with Crippen molar-refractivity contribution in [3.63, 3.8) is 0 Å². The van der Waals surface area contributed by atoms with Crippen molar-refractivity contribution in [2.45, 2.75) is 20.4 Å². The molecule has 4 rings (SSSR count). The number of nitrogens with one attached hydrogen (secondary N) is 1. The molecule has 0 aliphatic rings. The van der Waals surface area contributed by atoms with Gasteiger partial charge in [0.2, 0.25) is 0 Å². The first-order chi connectivity index (χ1) is 13.6. The van der Waals surface area contributed by atoms with Crippen molar-refractivity contribution in [1.82, 2.24) is 29.6 Å². The van der Waals surface area contributed by atoms with E-state index in [2.05, 4.69) is 20.4 Å². The number of nitrogens with zero attached hydrogens (tertiary/aromatic N) is 5. The number of benzene rings is 1. The molecular weight excluding hydrogens is 352 g/mol. The summed E-state index contributed by atoms with van der Waals surface area (Å²) < 4.78 is 3.62. The highest BCUT2D eigenvalue weighted by Crippen LogP contribution is 2.17. The number of hydrogen-bond donors (Lipinski definition) is 1. The third kappa shape index (κ3) is 3.42. The zero-order valence-corrected chi connectivity index (χ0v) is 15.7. The molecule has 0 bridgehead atoms. The molecule has 7 heteroatoms. The smallest absolute Gasteiger partial charge is 0.255 e. The molecule has 140 valence electrons. The van der Waals surface area contributed by atoms with Crippen LogP contribution in [-0.2, 0) is 6.54 Å². The number of para-hydroxylation sites is 1. The molecule has 0 aliphatic carbocycles. The Balaban J connectivity index is 1.45. The minimum atomic E-state index is -0.156. The molecule has 28 heavy (non-hydrogen) atoms. The fourth-order valence-electron chi connectivity index (χ4n) is 3.02. The van der Waals surface area contributed by atoms with Crippen molar-refractivity contribution in [3.8, 4) is 11.5 Å². The fourth-order valence-corrected chi connectivity index (χ4v) is 3.02. The lowest BCUT2D eigenvalue weighted by molar-refractivity contribution is 0.0950. The van der Waals surface area contributed by atoms with Crippen molar-refractivity contribution < 1.29 is 4.79 Å². The van der Waals surface area contributed by atoms with Gasteiger partial charge in [-0.3, -0.25) is 9.36 Å². The van der Waals surface area contributed by atoms with Crippen molar-refractivity contribution in [2.75, 3.05) is 0 Å². The van der Waals surface area contributed by atoms with Gasteiger partial charge in [0.25, 0.3) is 5.91 Å². The number of pyridine rings is 1. The highest BCUT2D eigenvalue weighted by Gasteiger charge is 2.15. The predicted molar refractivity (Wildman–Crippen MR) is 106 cm³/mol. The van der Waals surface area contributed by atoms with Crippen LogP contribution in [0.25, 0.3) is 11.5 Å². The Labute approximate surface area is 162 Å². The molecule has 3 heterocycles. The maximum atomic E-state index is 12.6. The van der Waals surface area contributed by atoms with Gasteiger partial charge in [-0.15, -0.1) is 0 Å². The number of carbonyl (C=O) groups is 1. The van der Waals surface area contributed by atoms with Crippen LogP contribution >= 0.6 is 0 Å². The van der Waals surface area contributed by atoms with Crippen molar-refractivity contribution in [3.05, 3.63) is 89.9 Å². The van der Waals surface area contributed by atoms with E-state index in [-0.39, 0.29) is 5.91 Å². The van der Waals surface area contributed by atoms with E-state index in [1.54, 1.807) is 29.6 Å². The first kappa shape index (κ1) is 17.7. The molecule has 0 spiro atoms. The molecule has 1 aromatic carbocycles. The number of aromatic nitrogens is 5. The predicted octanol–water partition coefficient (Wildman–Crippen LogP) is 3.00. The van der Waals surface area contributed by atoms with E-state index in [4.69, 9.17) is 0 Å². The summed E-state index contributed by atoms with van der Waals surface area (Å²) >= 11 is 0. The molecular formula is C21H20N6O. The normalized spacial score (nSPS) is 10.8. The van der Waals surface area contributed by atoms with E-state index in [0.29, 0.717) is 12.1 Å². The van der Waals surface area contributed by atoms with Crippen LogP contribution in [0.2, 0.25) is 0 Å². The summed E-state index contributed by atoms with van der Waals surface area (Å²) in [5, 5.41) is 7.34. The molecule has 1 amide bonds. The monoisotopic (exact) mass is 372 g/mol. The number of rotatable bonds is 5. The average molecular weight is 372 g/mol. The second-order valence-corrected chi connectivity index (χ2v) is 6.52. The van der Waals surface area contributed by atoms with Gasteiger partial charge in [0.05, 0.1) is 23.1 Å². The lowest BCUT2D eigenvalue weighted by atomic mass is 10.2. The van der Waals surface area contributed by atoms with Crippen LogP contribution < -0.4 is 5.32 Å². The largest absolute Gasteiger partial charge is 0.348 e. The van der Waals surface area contributed by atoms with Crippen LogP contribution in [0.15, 0.2) is 67.5 Å². The lowest BCUT2D eigenvalue weighted by Crippen LogP contribution is -2.23. The second kappa shape index (κ2) is 7.48. The molecule has 0 fully saturated rings. The number of hydrogen-bond acceptors (Lipinski definition) is 4. The van der Waals surface area contributed by atoms with Gasteiger partial charge in [0.15, 0.2) is 0 Å². The van der Waals surface area contributed by atoms with Gasteiger partial charge in [-0.1, -0.05) is 24.3 Å². The average Bonchev–Trinajstić information content (AvgIpc) is 3.37. The highest BCUT2D eigenvalue weighted by molar-refractivity contribution is 5.95. The quantitative estimate of drug-likeness (QED) is 0.584. The van der Waals surface area contributed by atoms with E-state index in [9.17, 15) is 4.79 Å². The van der Waals surface area contributed by atoms with E-state index < -0.39 is 0 Å². The van der Waals surface area contributed by atoms with Gasteiger partial charge >= 0.3 is 0 Å². The summed E-state index contributed by atoms with van der Waals surface area (Å²) in [6.45, 7) is 4.32. The Morgan fingerprint density at radius 2 is 1.96 bits per heavy atom. The molecule has 0 atom stereocenters. The Hall–Kier alpha value is -3.74. The molecule has 3 aromatic heterocycles. The topological polar surface area (TPSA) is 77.6 Å². The van der Waals surface area contributed by atoms with Crippen LogP contribution in [0.3, 0.4) is 0 Å². The molecule has 0 unspecified atom stereocenters. The van der Waals surface area contributed by atoms with Crippen LogP contribution in [0.1, 0.15) is 27.2 Å². The number of amides is 1. The third-order valence-electron chi connectivity index (χ3n) is 4.63. The van der Waals surface area contributed by atoms with E-state index >= 15 is 0 Å². The summed E-state index contributed by atoms with van der Waals surface area (Å²) in [6.07, 6.45) is 8.59. The van der Waals surface area contributed by atoms with Crippen LogP contribution in [0.5, 0.6) is 0 Å². The van der Waals surface area contributed by atoms with Crippen molar-refractivity contribution in [1.29, 1.82) is 0 Å². The lowest BCUT2D eigenvalue weighted by Gasteiger charge is -2.09. The first-order valence-electron chi connectivity index (χ1n) is 8.95. The molecule has 0 aliphatic heterocycles. The van der Waals surface area contributed by atoms with E-state index in [1.165, 1.54) is 0 Å². The summed E-state index contributed by atoms with van der Waals surface area (Å²) in [4.78, 5) is 21.0. The Morgan fingerprint density at radius 1 is 1.11 bits per heavy atom. The van der Waals surface area contributed by atoms with E-state index in [0.717, 1.165) is 28.3 Å². The van der Waals surface area contributed by atoms with Gasteiger partial charge in [0, 0.05) is 25.1 Å². The Kier molecular flexibility index (Phi) is 4.72. The zero-order valence-electron chi connectivity index (χ0n) is 15.7. The molecule has 1 N–H and O–H groups in total. The zero-order chi connectivity index (χ0) is 19.5. The summed E-state index contributed by atoms with van der Waals surface area (Å²) in [7, 11) is 0. The van der Waals surface area contributed by atoms with Crippen molar-refractivity contribution >= 4 is 5.91 Å². The number of imidazole rings is 1. The van der Waals surface area contributed by atoms with Gasteiger partial charge in [0.1, 0.15) is 12.1 Å². The molecule has 0 saturated carbocycles. The molecule has 4 aromatic rings. The molecule has 0 saturated heterocycles. The third-order valence-corrected chi connectivity index (χ3v) is 4.63. The van der Waals surface area contributed by atoms with Crippen LogP contribution in [0, 0.1) is 13.8 Å². The summed E-state index contributed by atoms with van der Waals surface area (Å²) in [6, 6.07) is 11.8. The number of carbonyl (C=O) groups excluding carboxylic acids is 1. The fraction of sp³-hybridized carbons (Fsp3) is 0.143. The second-order valence-electron chi connectivity index (χ2n) is 6.52. The SMILES string of the molecule is Cc1ccccc1-n1ncc(C(=O)NCc2ccc(-n3ccnc3)nc2)c1C. The minimum Gasteiger partial charge on any atom is -0.348 e. The minimum absolute atomic E-state index is 0.156. The Bertz CT molecular complexity index is 1100.